The van der Waals surface area contributed by atoms with Crippen molar-refractivity contribution in [2.24, 2.45) is 0 Å². The second kappa shape index (κ2) is 5.47. The van der Waals surface area contributed by atoms with E-state index < -0.39 is 0 Å². The van der Waals surface area contributed by atoms with E-state index in [2.05, 4.69) is 31.2 Å². The standard InChI is InChI=1S/C15H7BrF2N4S/c16-11-7-9(3-6-12(11)18)13-19-20-15-22(13)21-14(23-15)8-1-4-10(17)5-2-8/h1-7H. The van der Waals surface area contributed by atoms with E-state index in [9.17, 15) is 8.78 Å². The van der Waals surface area contributed by atoms with Gasteiger partial charge in [-0.15, -0.1) is 10.2 Å². The highest BCUT2D eigenvalue weighted by Gasteiger charge is 2.15. The lowest BCUT2D eigenvalue weighted by molar-refractivity contribution is 0.621. The number of halogens is 3. The van der Waals surface area contributed by atoms with E-state index in [4.69, 9.17) is 0 Å². The van der Waals surface area contributed by atoms with Crippen LogP contribution in [0, 0.1) is 11.6 Å². The Labute approximate surface area is 141 Å². The number of benzene rings is 2. The number of fused-ring (bicyclic) bond motifs is 1. The summed E-state index contributed by atoms with van der Waals surface area (Å²) >= 11 is 4.51. The number of nitrogens with zero attached hydrogens (tertiary/aromatic N) is 4. The number of aromatic nitrogens is 4. The Morgan fingerprint density at radius 3 is 2.43 bits per heavy atom. The van der Waals surface area contributed by atoms with E-state index in [-0.39, 0.29) is 11.6 Å². The van der Waals surface area contributed by atoms with Gasteiger partial charge in [-0.25, -0.2) is 8.78 Å². The van der Waals surface area contributed by atoms with Crippen LogP contribution < -0.4 is 0 Å². The zero-order valence-corrected chi connectivity index (χ0v) is 13.8. The van der Waals surface area contributed by atoms with Gasteiger partial charge in [0.05, 0.1) is 4.47 Å². The van der Waals surface area contributed by atoms with E-state index >= 15 is 0 Å². The first-order chi connectivity index (χ1) is 11.1. The van der Waals surface area contributed by atoms with Gasteiger partial charge in [0.15, 0.2) is 5.82 Å². The smallest absolute Gasteiger partial charge is 0.207 e. The van der Waals surface area contributed by atoms with Crippen LogP contribution in [0.4, 0.5) is 8.78 Å². The molecule has 0 spiro atoms. The van der Waals surface area contributed by atoms with Crippen molar-refractivity contribution in [1.29, 1.82) is 0 Å². The maximum Gasteiger partial charge on any atom is 0.235 e. The molecular formula is C15H7BrF2N4S. The summed E-state index contributed by atoms with van der Waals surface area (Å²) in [5.74, 6) is -0.126. The molecule has 0 atom stereocenters. The Hall–Kier alpha value is -2.19. The molecule has 4 rings (SSSR count). The number of hydrogen-bond donors (Lipinski definition) is 0. The minimum Gasteiger partial charge on any atom is -0.207 e. The molecule has 0 aliphatic heterocycles. The lowest BCUT2D eigenvalue weighted by Crippen LogP contribution is -1.92. The molecule has 0 saturated carbocycles. The van der Waals surface area contributed by atoms with Crippen LogP contribution in [0.25, 0.3) is 26.9 Å². The molecule has 0 saturated heterocycles. The van der Waals surface area contributed by atoms with Gasteiger partial charge in [-0.1, -0.05) is 11.3 Å². The molecule has 0 unspecified atom stereocenters. The van der Waals surface area contributed by atoms with Gasteiger partial charge in [-0.2, -0.15) is 9.61 Å². The molecule has 0 fully saturated rings. The molecule has 0 aliphatic carbocycles. The molecule has 8 heteroatoms. The molecule has 0 radical (unpaired) electrons. The van der Waals surface area contributed by atoms with Crippen molar-refractivity contribution < 1.29 is 8.78 Å². The highest BCUT2D eigenvalue weighted by molar-refractivity contribution is 9.10. The topological polar surface area (TPSA) is 43.1 Å². The predicted molar refractivity (Wildman–Crippen MR) is 87.1 cm³/mol. The lowest BCUT2D eigenvalue weighted by atomic mass is 10.2. The highest BCUT2D eigenvalue weighted by Crippen LogP contribution is 2.29. The number of rotatable bonds is 2. The summed E-state index contributed by atoms with van der Waals surface area (Å²) in [5, 5.41) is 13.4. The van der Waals surface area contributed by atoms with E-state index in [1.807, 2.05) is 0 Å². The van der Waals surface area contributed by atoms with E-state index in [0.29, 0.717) is 25.8 Å². The average Bonchev–Trinajstić information content (AvgIpc) is 3.11. The van der Waals surface area contributed by atoms with Crippen LogP contribution in [-0.2, 0) is 0 Å². The molecule has 0 amide bonds. The summed E-state index contributed by atoms with van der Waals surface area (Å²) < 4.78 is 28.3. The highest BCUT2D eigenvalue weighted by atomic mass is 79.9. The van der Waals surface area contributed by atoms with Crippen LogP contribution in [-0.4, -0.2) is 19.8 Å². The van der Waals surface area contributed by atoms with Crippen molar-refractivity contribution in [3.63, 3.8) is 0 Å². The molecule has 4 nitrogen and oxygen atoms in total. The molecule has 23 heavy (non-hydrogen) atoms. The van der Waals surface area contributed by atoms with Crippen LogP contribution in [0.1, 0.15) is 0 Å². The third-order valence-electron chi connectivity index (χ3n) is 3.26. The minimum atomic E-state index is -0.347. The second-order valence-electron chi connectivity index (χ2n) is 4.76. The predicted octanol–water partition coefficient (Wildman–Crippen LogP) is 4.56. The molecule has 2 aromatic heterocycles. The van der Waals surface area contributed by atoms with Crippen LogP contribution in [0.2, 0.25) is 0 Å². The van der Waals surface area contributed by atoms with Crippen LogP contribution in [0.3, 0.4) is 0 Å². The largest absolute Gasteiger partial charge is 0.235 e. The third kappa shape index (κ3) is 2.53. The van der Waals surface area contributed by atoms with Crippen molar-refractivity contribution >= 4 is 32.2 Å². The summed E-state index contributed by atoms with van der Waals surface area (Å²) in [6, 6.07) is 10.7. The molecule has 0 aliphatic rings. The van der Waals surface area contributed by atoms with Crippen molar-refractivity contribution in [2.45, 2.75) is 0 Å². The Kier molecular flexibility index (Phi) is 3.42. The molecule has 0 N–H and O–H groups in total. The van der Waals surface area contributed by atoms with Gasteiger partial charge in [-0.05, 0) is 58.4 Å². The minimum absolute atomic E-state index is 0.298. The fraction of sp³-hybridized carbons (Fsp3) is 0. The summed E-state index contributed by atoms with van der Waals surface area (Å²) in [6.45, 7) is 0. The lowest BCUT2D eigenvalue weighted by Gasteiger charge is -1.99. The van der Waals surface area contributed by atoms with Crippen LogP contribution in [0.15, 0.2) is 46.9 Å². The maximum absolute atomic E-state index is 13.4. The van der Waals surface area contributed by atoms with E-state index in [0.717, 1.165) is 5.56 Å². The third-order valence-corrected chi connectivity index (χ3v) is 4.82. The van der Waals surface area contributed by atoms with Crippen molar-refractivity contribution in [3.05, 3.63) is 58.6 Å². The fourth-order valence-corrected chi connectivity index (χ4v) is 3.36. The fourth-order valence-electron chi connectivity index (χ4n) is 2.14. The Morgan fingerprint density at radius 1 is 0.957 bits per heavy atom. The van der Waals surface area contributed by atoms with Crippen molar-refractivity contribution in [3.8, 4) is 22.0 Å². The molecule has 2 heterocycles. The zero-order valence-electron chi connectivity index (χ0n) is 11.4. The van der Waals surface area contributed by atoms with Crippen LogP contribution in [0.5, 0.6) is 0 Å². The Bertz CT molecular complexity index is 1010. The average molecular weight is 393 g/mol. The SMILES string of the molecule is Fc1ccc(-c2nn3c(-c4ccc(F)c(Br)c4)nnc3s2)cc1. The molecule has 4 aromatic rings. The number of hydrogen-bond acceptors (Lipinski definition) is 4. The first-order valence-electron chi connectivity index (χ1n) is 6.55. The molecule has 2 aromatic carbocycles. The molecule has 0 bridgehead atoms. The zero-order chi connectivity index (χ0) is 16.0. The van der Waals surface area contributed by atoms with Gasteiger partial charge in [0.25, 0.3) is 0 Å². The summed E-state index contributed by atoms with van der Waals surface area (Å²) in [6.07, 6.45) is 0. The van der Waals surface area contributed by atoms with Gasteiger partial charge in [0, 0.05) is 11.1 Å². The van der Waals surface area contributed by atoms with Gasteiger partial charge in [0.1, 0.15) is 16.6 Å². The summed E-state index contributed by atoms with van der Waals surface area (Å²) in [4.78, 5) is 0.611. The summed E-state index contributed by atoms with van der Waals surface area (Å²) in [7, 11) is 0. The van der Waals surface area contributed by atoms with Crippen LogP contribution >= 0.6 is 27.3 Å². The Balaban J connectivity index is 1.83. The van der Waals surface area contributed by atoms with E-state index in [1.165, 1.54) is 29.5 Å². The molecular weight excluding hydrogens is 386 g/mol. The monoisotopic (exact) mass is 392 g/mol. The van der Waals surface area contributed by atoms with Crippen molar-refractivity contribution in [2.75, 3.05) is 0 Å². The van der Waals surface area contributed by atoms with Gasteiger partial charge in [0.2, 0.25) is 4.96 Å². The van der Waals surface area contributed by atoms with Crippen molar-refractivity contribution in [1.82, 2.24) is 19.8 Å². The van der Waals surface area contributed by atoms with Gasteiger partial charge < -0.3 is 0 Å². The first-order valence-corrected chi connectivity index (χ1v) is 8.16. The van der Waals surface area contributed by atoms with Gasteiger partial charge >= 0.3 is 0 Å². The summed E-state index contributed by atoms with van der Waals surface area (Å²) in [5.41, 5.74) is 1.50. The molecule has 114 valence electrons. The quantitative estimate of drug-likeness (QED) is 0.502. The first kappa shape index (κ1) is 14.4. The van der Waals surface area contributed by atoms with Gasteiger partial charge in [-0.3, -0.25) is 0 Å². The Morgan fingerprint density at radius 2 is 1.70 bits per heavy atom. The second-order valence-corrected chi connectivity index (χ2v) is 6.57. The maximum atomic E-state index is 13.4. The normalized spacial score (nSPS) is 11.3. The van der Waals surface area contributed by atoms with E-state index in [1.54, 1.807) is 28.8 Å².